The molecule has 0 saturated heterocycles. The monoisotopic (exact) mass is 235 g/mol. The van der Waals surface area contributed by atoms with E-state index in [1.165, 1.54) is 0 Å². The molecule has 1 atom stereocenters. The van der Waals surface area contributed by atoms with Gasteiger partial charge in [-0.25, -0.2) is 17.9 Å². The lowest BCUT2D eigenvalue weighted by Crippen LogP contribution is -2.36. The van der Waals surface area contributed by atoms with Crippen LogP contribution in [0.5, 0.6) is 0 Å². The fourth-order valence-corrected chi connectivity index (χ4v) is 1.69. The SMILES string of the molecule is O=C(O)C(O)CNS(=O)(=O)c1cn[nH]c1. The summed E-state index contributed by atoms with van der Waals surface area (Å²) in [6.07, 6.45) is 0.428. The van der Waals surface area contributed by atoms with E-state index in [-0.39, 0.29) is 4.90 Å². The summed E-state index contributed by atoms with van der Waals surface area (Å²) in [7, 11) is -3.81. The number of hydrogen-bond acceptors (Lipinski definition) is 5. The Labute approximate surface area is 85.0 Å². The van der Waals surface area contributed by atoms with Gasteiger partial charge in [0.15, 0.2) is 6.10 Å². The Morgan fingerprint density at radius 1 is 1.67 bits per heavy atom. The molecule has 4 N–H and O–H groups in total. The van der Waals surface area contributed by atoms with E-state index in [1.54, 1.807) is 0 Å². The standard InChI is InChI=1S/C6H9N3O5S/c10-5(6(11)12)3-9-15(13,14)4-1-7-8-2-4/h1-2,5,9-10H,3H2,(H,7,8)(H,11,12). The number of aliphatic hydroxyl groups is 1. The highest BCUT2D eigenvalue weighted by molar-refractivity contribution is 7.89. The Hall–Kier alpha value is -1.45. The number of nitrogens with one attached hydrogen (secondary N) is 2. The minimum atomic E-state index is -3.81. The molecule has 1 rings (SSSR count). The topological polar surface area (TPSA) is 132 Å². The number of H-pyrrole nitrogens is 1. The number of aromatic nitrogens is 2. The van der Waals surface area contributed by atoms with Crippen molar-refractivity contribution in [2.45, 2.75) is 11.0 Å². The van der Waals surface area contributed by atoms with E-state index in [0.717, 1.165) is 12.4 Å². The molecule has 0 amide bonds. The number of sulfonamides is 1. The van der Waals surface area contributed by atoms with Gasteiger partial charge in [0.25, 0.3) is 0 Å². The molecule has 0 aliphatic heterocycles. The summed E-state index contributed by atoms with van der Waals surface area (Å²) < 4.78 is 24.6. The Morgan fingerprint density at radius 3 is 2.80 bits per heavy atom. The van der Waals surface area contributed by atoms with Crippen molar-refractivity contribution in [2.24, 2.45) is 0 Å². The number of carboxylic acids is 1. The van der Waals surface area contributed by atoms with Crippen molar-refractivity contribution in [3.63, 3.8) is 0 Å². The second-order valence-corrected chi connectivity index (χ2v) is 4.41. The molecule has 84 valence electrons. The zero-order valence-electron chi connectivity index (χ0n) is 7.41. The maximum Gasteiger partial charge on any atom is 0.333 e. The summed E-state index contributed by atoms with van der Waals surface area (Å²) in [5.41, 5.74) is 0. The summed E-state index contributed by atoms with van der Waals surface area (Å²) in [5, 5.41) is 22.9. The summed E-state index contributed by atoms with van der Waals surface area (Å²) in [5.74, 6) is -1.50. The lowest BCUT2D eigenvalue weighted by atomic mass is 10.4. The molecule has 8 nitrogen and oxygen atoms in total. The first-order valence-electron chi connectivity index (χ1n) is 3.83. The van der Waals surface area contributed by atoms with E-state index in [4.69, 9.17) is 10.2 Å². The second kappa shape index (κ2) is 4.38. The van der Waals surface area contributed by atoms with Crippen molar-refractivity contribution in [3.05, 3.63) is 12.4 Å². The molecule has 0 radical (unpaired) electrons. The normalized spacial score (nSPS) is 13.7. The first-order chi connectivity index (χ1) is 6.93. The molecule has 0 aliphatic carbocycles. The number of aliphatic hydroxyl groups excluding tert-OH is 1. The smallest absolute Gasteiger partial charge is 0.333 e. The maximum atomic E-state index is 11.3. The molecule has 0 spiro atoms. The van der Waals surface area contributed by atoms with E-state index >= 15 is 0 Å². The van der Waals surface area contributed by atoms with Crippen LogP contribution in [0.4, 0.5) is 0 Å². The lowest BCUT2D eigenvalue weighted by Gasteiger charge is -2.06. The minimum Gasteiger partial charge on any atom is -0.479 e. The van der Waals surface area contributed by atoms with Crippen molar-refractivity contribution < 1.29 is 23.4 Å². The Kier molecular flexibility index (Phi) is 3.39. The summed E-state index contributed by atoms with van der Waals surface area (Å²) in [6, 6.07) is 0. The largest absolute Gasteiger partial charge is 0.479 e. The van der Waals surface area contributed by atoms with Crippen LogP contribution < -0.4 is 4.72 Å². The molecule has 1 aromatic rings. The first kappa shape index (κ1) is 11.6. The zero-order chi connectivity index (χ0) is 11.5. The van der Waals surface area contributed by atoms with Crippen molar-refractivity contribution in [3.8, 4) is 0 Å². The number of carbonyl (C=O) groups is 1. The van der Waals surface area contributed by atoms with Crippen LogP contribution in [-0.2, 0) is 14.8 Å². The van der Waals surface area contributed by atoms with Gasteiger partial charge in [-0.15, -0.1) is 0 Å². The molecule has 0 saturated carbocycles. The Balaban J connectivity index is 2.63. The number of hydrogen-bond donors (Lipinski definition) is 4. The van der Waals surface area contributed by atoms with Gasteiger partial charge < -0.3 is 10.2 Å². The van der Waals surface area contributed by atoms with Crippen LogP contribution in [0.2, 0.25) is 0 Å². The van der Waals surface area contributed by atoms with Gasteiger partial charge in [0.1, 0.15) is 4.90 Å². The van der Waals surface area contributed by atoms with Crippen LogP contribution in [0.25, 0.3) is 0 Å². The quantitative estimate of drug-likeness (QED) is 0.472. The van der Waals surface area contributed by atoms with Gasteiger partial charge in [0, 0.05) is 12.7 Å². The predicted octanol–water partition coefficient (Wildman–Crippen LogP) is -1.87. The summed E-state index contributed by atoms with van der Waals surface area (Å²) in [6.45, 7) is -0.594. The van der Waals surface area contributed by atoms with E-state index in [0.29, 0.717) is 0 Å². The van der Waals surface area contributed by atoms with Crippen LogP contribution in [0.15, 0.2) is 17.3 Å². The van der Waals surface area contributed by atoms with Crippen LogP contribution in [0, 0.1) is 0 Å². The zero-order valence-corrected chi connectivity index (χ0v) is 8.23. The first-order valence-corrected chi connectivity index (χ1v) is 5.31. The van der Waals surface area contributed by atoms with Gasteiger partial charge in [-0.05, 0) is 0 Å². The van der Waals surface area contributed by atoms with Gasteiger partial charge in [0.2, 0.25) is 10.0 Å². The van der Waals surface area contributed by atoms with Gasteiger partial charge >= 0.3 is 5.97 Å². The van der Waals surface area contributed by atoms with Crippen molar-refractivity contribution in [2.75, 3.05) is 6.54 Å². The molecule has 0 bridgehead atoms. The Bertz CT molecular complexity index is 426. The van der Waals surface area contributed by atoms with Gasteiger partial charge in [-0.1, -0.05) is 0 Å². The molecule has 15 heavy (non-hydrogen) atoms. The highest BCUT2D eigenvalue weighted by atomic mass is 32.2. The minimum absolute atomic E-state index is 0.125. The molecular formula is C6H9N3O5S. The third-order valence-electron chi connectivity index (χ3n) is 1.54. The van der Waals surface area contributed by atoms with Crippen LogP contribution in [-0.4, -0.2) is 47.4 Å². The Morgan fingerprint density at radius 2 is 2.33 bits per heavy atom. The van der Waals surface area contributed by atoms with Crippen molar-refractivity contribution in [1.29, 1.82) is 0 Å². The van der Waals surface area contributed by atoms with Crippen molar-refractivity contribution >= 4 is 16.0 Å². The van der Waals surface area contributed by atoms with Gasteiger partial charge in [0.05, 0.1) is 6.20 Å². The average Bonchev–Trinajstić information content (AvgIpc) is 2.67. The van der Waals surface area contributed by atoms with E-state index in [9.17, 15) is 13.2 Å². The molecule has 1 heterocycles. The van der Waals surface area contributed by atoms with E-state index < -0.39 is 28.6 Å². The number of aromatic amines is 1. The van der Waals surface area contributed by atoms with E-state index in [1.807, 2.05) is 4.72 Å². The number of carboxylic acid groups (broad SMARTS) is 1. The molecule has 9 heteroatoms. The number of nitrogens with zero attached hydrogens (tertiary/aromatic N) is 1. The van der Waals surface area contributed by atoms with Crippen molar-refractivity contribution in [1.82, 2.24) is 14.9 Å². The second-order valence-electron chi connectivity index (χ2n) is 2.64. The van der Waals surface area contributed by atoms with Gasteiger partial charge in [-0.3, -0.25) is 5.10 Å². The molecule has 0 aromatic carbocycles. The van der Waals surface area contributed by atoms with Crippen LogP contribution in [0.3, 0.4) is 0 Å². The predicted molar refractivity (Wildman–Crippen MR) is 47.4 cm³/mol. The van der Waals surface area contributed by atoms with E-state index in [2.05, 4.69) is 10.2 Å². The highest BCUT2D eigenvalue weighted by Crippen LogP contribution is 2.03. The summed E-state index contributed by atoms with van der Waals surface area (Å²) in [4.78, 5) is 10.1. The van der Waals surface area contributed by atoms with Gasteiger partial charge in [-0.2, -0.15) is 5.10 Å². The molecule has 0 aliphatic rings. The van der Waals surface area contributed by atoms with Crippen LogP contribution in [0.1, 0.15) is 0 Å². The molecule has 0 fully saturated rings. The maximum absolute atomic E-state index is 11.3. The van der Waals surface area contributed by atoms with Crippen LogP contribution >= 0.6 is 0 Å². The number of aliphatic carboxylic acids is 1. The lowest BCUT2D eigenvalue weighted by molar-refractivity contribution is -0.146. The number of rotatable bonds is 5. The average molecular weight is 235 g/mol. The fraction of sp³-hybridized carbons (Fsp3) is 0.333. The third kappa shape index (κ3) is 3.01. The third-order valence-corrected chi connectivity index (χ3v) is 2.93. The summed E-state index contributed by atoms with van der Waals surface area (Å²) >= 11 is 0. The fourth-order valence-electron chi connectivity index (χ4n) is 0.745. The molecule has 1 aromatic heterocycles. The molecule has 1 unspecified atom stereocenters. The molecular weight excluding hydrogens is 226 g/mol. The highest BCUT2D eigenvalue weighted by Gasteiger charge is 2.19.